The zero-order chi connectivity index (χ0) is 16.8. The van der Waals surface area contributed by atoms with Crippen molar-refractivity contribution < 1.29 is 21.9 Å². The maximum absolute atomic E-state index is 11.8. The summed E-state index contributed by atoms with van der Waals surface area (Å²) in [5.74, 6) is 0.318. The predicted octanol–water partition coefficient (Wildman–Crippen LogP) is 1.07. The molecule has 1 heterocycles. The summed E-state index contributed by atoms with van der Waals surface area (Å²) in [7, 11) is 0. The molecule has 0 bridgehead atoms. The van der Waals surface area contributed by atoms with E-state index in [1.807, 2.05) is 42.5 Å². The molecule has 0 aliphatic heterocycles. The average molecular weight is 355 g/mol. The molecule has 1 aromatic heterocycles. The Balaban J connectivity index is 0.00000225. The molecule has 25 heavy (non-hydrogen) atoms. The second kappa shape index (κ2) is 8.80. The molecule has 5 nitrogen and oxygen atoms in total. The highest BCUT2D eigenvalue weighted by molar-refractivity contribution is 5.90. The van der Waals surface area contributed by atoms with Crippen LogP contribution in [0.5, 0.6) is 0 Å². The molecule has 128 valence electrons. The Morgan fingerprint density at radius 3 is 2.60 bits per heavy atom. The van der Waals surface area contributed by atoms with E-state index >= 15 is 0 Å². The van der Waals surface area contributed by atoms with Crippen molar-refractivity contribution in [2.45, 2.75) is 6.92 Å². The average Bonchev–Trinajstić information content (AvgIpc) is 2.63. The first-order valence-corrected chi connectivity index (χ1v) is 7.68. The van der Waals surface area contributed by atoms with Crippen molar-refractivity contribution in [1.82, 2.24) is 9.97 Å². The van der Waals surface area contributed by atoms with E-state index < -0.39 is 0 Å². The van der Waals surface area contributed by atoms with Crippen LogP contribution in [0.25, 0.3) is 11.3 Å². The third kappa shape index (κ3) is 4.78. The molecule has 0 atom stereocenters. The summed E-state index contributed by atoms with van der Waals surface area (Å²) in [6.45, 7) is 2.13. The van der Waals surface area contributed by atoms with Crippen LogP contribution in [0.1, 0.15) is 17.3 Å². The van der Waals surface area contributed by atoms with Gasteiger partial charge in [0.05, 0.1) is 17.9 Å². The molecule has 0 amide bonds. The minimum atomic E-state index is -0.339. The first-order chi connectivity index (χ1) is 11.8. The van der Waals surface area contributed by atoms with E-state index in [1.165, 1.54) is 6.33 Å². The Kier molecular flexibility index (Phi) is 6.48. The second-order valence-corrected chi connectivity index (χ2v) is 5.08. The van der Waals surface area contributed by atoms with Crippen LogP contribution in [0.2, 0.25) is 0 Å². The number of esters is 1. The van der Waals surface area contributed by atoms with E-state index in [0.29, 0.717) is 18.0 Å². The molecule has 0 fully saturated rings. The van der Waals surface area contributed by atoms with Crippen LogP contribution in [-0.4, -0.2) is 22.5 Å². The van der Waals surface area contributed by atoms with Crippen molar-refractivity contribution in [1.29, 1.82) is 0 Å². The second-order valence-electron chi connectivity index (χ2n) is 5.08. The summed E-state index contributed by atoms with van der Waals surface area (Å²) in [5, 5.41) is 3.19. The lowest BCUT2D eigenvalue weighted by Crippen LogP contribution is -3.00. The van der Waals surface area contributed by atoms with E-state index in [-0.39, 0.29) is 18.4 Å². The molecule has 0 unspecified atom stereocenters. The Bertz CT molecular complexity index is 841. The van der Waals surface area contributed by atoms with Crippen LogP contribution in [0, 0.1) is 0 Å². The minimum Gasteiger partial charge on any atom is -1.00 e. The fraction of sp³-hybridized carbons (Fsp3) is 0.105. The largest absolute Gasteiger partial charge is 1.00 e. The number of hydrogen-bond donors (Lipinski definition) is 1. The van der Waals surface area contributed by atoms with Crippen LogP contribution in [0.4, 0.5) is 11.5 Å². The quantitative estimate of drug-likeness (QED) is 0.694. The van der Waals surface area contributed by atoms with Gasteiger partial charge in [-0.15, -0.1) is 0 Å². The van der Waals surface area contributed by atoms with Crippen molar-refractivity contribution in [3.05, 3.63) is 72.6 Å². The van der Waals surface area contributed by atoms with Gasteiger partial charge in [-0.2, -0.15) is 0 Å². The molecular weight excluding hydrogens is 338 g/mol. The van der Waals surface area contributed by atoms with Gasteiger partial charge in [0.15, 0.2) is 0 Å². The van der Waals surface area contributed by atoms with E-state index in [0.717, 1.165) is 16.9 Å². The van der Waals surface area contributed by atoms with Crippen molar-refractivity contribution in [3.8, 4) is 11.3 Å². The number of hydrogen-bond acceptors (Lipinski definition) is 5. The molecule has 3 aromatic rings. The van der Waals surface area contributed by atoms with Crippen LogP contribution >= 0.6 is 0 Å². The van der Waals surface area contributed by atoms with Crippen LogP contribution in [0.15, 0.2) is 67.0 Å². The Hall–Kier alpha value is -2.92. The number of anilines is 2. The maximum Gasteiger partial charge on any atom is 0.338 e. The van der Waals surface area contributed by atoms with Gasteiger partial charge >= 0.3 is 5.97 Å². The molecule has 0 aliphatic rings. The summed E-state index contributed by atoms with van der Waals surface area (Å²) in [5.41, 5.74) is 3.11. The molecule has 2 aromatic carbocycles. The van der Waals surface area contributed by atoms with Gasteiger partial charge in [0.1, 0.15) is 12.1 Å². The van der Waals surface area contributed by atoms with Gasteiger partial charge in [-0.25, -0.2) is 14.8 Å². The van der Waals surface area contributed by atoms with Crippen LogP contribution in [0.3, 0.4) is 0 Å². The number of ether oxygens (including phenoxy) is 1. The number of carbonyl (C=O) groups is 1. The highest BCUT2D eigenvalue weighted by Crippen LogP contribution is 2.21. The molecule has 1 N–H and O–H groups in total. The van der Waals surface area contributed by atoms with E-state index in [1.54, 1.807) is 25.1 Å². The molecule has 3 rings (SSSR count). The zero-order valence-corrected chi connectivity index (χ0v) is 14.4. The summed E-state index contributed by atoms with van der Waals surface area (Å²) >= 11 is 0. The van der Waals surface area contributed by atoms with E-state index in [4.69, 9.17) is 4.74 Å². The maximum atomic E-state index is 11.8. The predicted molar refractivity (Wildman–Crippen MR) is 93.1 cm³/mol. The summed E-state index contributed by atoms with van der Waals surface area (Å²) < 4.78 is 5.02. The Labute approximate surface area is 152 Å². The molecule has 0 spiro atoms. The highest BCUT2D eigenvalue weighted by atomic mass is 35.5. The number of rotatable bonds is 5. The van der Waals surface area contributed by atoms with Gasteiger partial charge < -0.3 is 22.5 Å². The number of carbonyl (C=O) groups excluding carboxylic acids is 1. The van der Waals surface area contributed by atoms with Gasteiger partial charge in [0, 0.05) is 17.3 Å². The van der Waals surface area contributed by atoms with Gasteiger partial charge in [-0.3, -0.25) is 0 Å². The summed E-state index contributed by atoms with van der Waals surface area (Å²) in [6.07, 6.45) is 1.51. The molecule has 0 saturated heterocycles. The highest BCUT2D eigenvalue weighted by Gasteiger charge is 2.07. The summed E-state index contributed by atoms with van der Waals surface area (Å²) in [6, 6.07) is 18.9. The molecule has 0 radical (unpaired) electrons. The van der Waals surface area contributed by atoms with Gasteiger partial charge in [-0.05, 0) is 25.1 Å². The molecular formula is C19H17ClN3O2-. The summed E-state index contributed by atoms with van der Waals surface area (Å²) in [4.78, 5) is 20.3. The van der Waals surface area contributed by atoms with Gasteiger partial charge in [0.25, 0.3) is 0 Å². The molecule has 6 heteroatoms. The molecule has 0 aliphatic carbocycles. The fourth-order valence-electron chi connectivity index (χ4n) is 2.28. The molecule has 0 saturated carbocycles. The number of halogens is 1. The van der Waals surface area contributed by atoms with E-state index in [9.17, 15) is 4.79 Å². The van der Waals surface area contributed by atoms with Crippen LogP contribution < -0.4 is 17.7 Å². The Morgan fingerprint density at radius 2 is 1.84 bits per heavy atom. The Morgan fingerprint density at radius 1 is 1.04 bits per heavy atom. The number of nitrogens with zero attached hydrogens (tertiary/aromatic N) is 2. The van der Waals surface area contributed by atoms with E-state index in [2.05, 4.69) is 15.3 Å². The van der Waals surface area contributed by atoms with Crippen LogP contribution in [-0.2, 0) is 4.74 Å². The van der Waals surface area contributed by atoms with Gasteiger partial charge in [-0.1, -0.05) is 36.4 Å². The third-order valence-corrected chi connectivity index (χ3v) is 3.38. The van der Waals surface area contributed by atoms with Crippen molar-refractivity contribution in [3.63, 3.8) is 0 Å². The topological polar surface area (TPSA) is 64.1 Å². The normalized spacial score (nSPS) is 9.80. The number of nitrogens with one attached hydrogen (secondary N) is 1. The lowest BCUT2D eigenvalue weighted by atomic mass is 10.1. The number of aromatic nitrogens is 2. The SMILES string of the molecule is CCOC(=O)c1cccc(Nc2cc(-c3ccccc3)ncn2)c1.[Cl-]. The number of benzene rings is 2. The minimum absolute atomic E-state index is 0. The first kappa shape index (κ1) is 18.4. The van der Waals surface area contributed by atoms with Crippen molar-refractivity contribution >= 4 is 17.5 Å². The lowest BCUT2D eigenvalue weighted by Gasteiger charge is -2.08. The zero-order valence-electron chi connectivity index (χ0n) is 13.6. The van der Waals surface area contributed by atoms with Crippen molar-refractivity contribution in [2.75, 3.05) is 11.9 Å². The monoisotopic (exact) mass is 354 g/mol. The van der Waals surface area contributed by atoms with Gasteiger partial charge in [0.2, 0.25) is 0 Å². The third-order valence-electron chi connectivity index (χ3n) is 3.38. The van der Waals surface area contributed by atoms with Crippen molar-refractivity contribution in [2.24, 2.45) is 0 Å². The lowest BCUT2D eigenvalue weighted by molar-refractivity contribution is -0.0000228. The standard InChI is InChI=1S/C19H17N3O2.ClH/c1-2-24-19(23)15-9-6-10-16(11-15)22-18-12-17(20-13-21-18)14-7-4-3-5-8-14;/h3-13H,2H2,1H3,(H,20,21,22);1H/p-1. The first-order valence-electron chi connectivity index (χ1n) is 7.68. The fourth-order valence-corrected chi connectivity index (χ4v) is 2.28. The smallest absolute Gasteiger partial charge is 0.338 e.